The lowest BCUT2D eigenvalue weighted by molar-refractivity contribution is -0.131. The number of rotatable bonds is 3. The molecule has 0 radical (unpaired) electrons. The minimum absolute atomic E-state index is 0.0648. The van der Waals surface area contributed by atoms with Gasteiger partial charge < -0.3 is 4.74 Å². The van der Waals surface area contributed by atoms with E-state index in [-0.39, 0.29) is 10.8 Å². The minimum atomic E-state index is -3.62. The van der Waals surface area contributed by atoms with Gasteiger partial charge in [0.05, 0.1) is 10.6 Å². The Morgan fingerprint density at radius 3 is 2.36 bits per heavy atom. The van der Waals surface area contributed by atoms with Gasteiger partial charge in [-0.1, -0.05) is 11.6 Å². The standard InChI is InChI=1S/C17H17ClN2O4S/c1-17(2)16(21)20(12-6-4-11(18)5-7-12)14-9-8-13(10-15(14)24-17)25(22,23)19-3/h4-10,19H,1-3H3. The summed E-state index contributed by atoms with van der Waals surface area (Å²) < 4.78 is 32.1. The molecular weight excluding hydrogens is 364 g/mol. The molecular formula is C17H17ClN2O4S. The molecule has 0 saturated heterocycles. The summed E-state index contributed by atoms with van der Waals surface area (Å²) in [6.45, 7) is 3.28. The van der Waals surface area contributed by atoms with Crippen LogP contribution < -0.4 is 14.4 Å². The number of ether oxygens (including phenoxy) is 1. The molecule has 132 valence electrons. The molecule has 2 aromatic carbocycles. The Kier molecular flexibility index (Phi) is 4.26. The molecule has 1 N–H and O–H groups in total. The second-order valence-corrected chi connectivity index (χ2v) is 8.39. The van der Waals surface area contributed by atoms with Crippen LogP contribution >= 0.6 is 11.6 Å². The van der Waals surface area contributed by atoms with Crippen molar-refractivity contribution in [1.29, 1.82) is 0 Å². The van der Waals surface area contributed by atoms with Crippen molar-refractivity contribution in [2.75, 3.05) is 11.9 Å². The van der Waals surface area contributed by atoms with Crippen molar-refractivity contribution in [3.63, 3.8) is 0 Å². The third-order valence-electron chi connectivity index (χ3n) is 3.92. The fourth-order valence-corrected chi connectivity index (χ4v) is 3.46. The van der Waals surface area contributed by atoms with Gasteiger partial charge >= 0.3 is 0 Å². The van der Waals surface area contributed by atoms with Crippen molar-refractivity contribution >= 4 is 38.9 Å². The van der Waals surface area contributed by atoms with Crippen molar-refractivity contribution in [2.45, 2.75) is 24.3 Å². The number of halogens is 1. The third-order valence-corrected chi connectivity index (χ3v) is 5.58. The van der Waals surface area contributed by atoms with Crippen LogP contribution in [0.2, 0.25) is 5.02 Å². The number of anilines is 2. The summed E-state index contributed by atoms with van der Waals surface area (Å²) in [4.78, 5) is 14.4. The molecule has 1 amide bonds. The monoisotopic (exact) mass is 380 g/mol. The van der Waals surface area contributed by atoms with Crippen LogP contribution in [0.4, 0.5) is 11.4 Å². The number of hydrogen-bond acceptors (Lipinski definition) is 4. The number of carbonyl (C=O) groups is 1. The average molecular weight is 381 g/mol. The van der Waals surface area contributed by atoms with Crippen molar-refractivity contribution < 1.29 is 17.9 Å². The van der Waals surface area contributed by atoms with Gasteiger partial charge in [0.15, 0.2) is 5.60 Å². The molecule has 1 aliphatic rings. The molecule has 0 aromatic heterocycles. The Labute approximate surface area is 151 Å². The van der Waals surface area contributed by atoms with Crippen molar-refractivity contribution in [1.82, 2.24) is 4.72 Å². The SMILES string of the molecule is CNS(=O)(=O)c1ccc2c(c1)OC(C)(C)C(=O)N2c1ccc(Cl)cc1. The van der Waals surface area contributed by atoms with Gasteiger partial charge in [0.25, 0.3) is 5.91 Å². The highest BCUT2D eigenvalue weighted by Crippen LogP contribution is 2.43. The average Bonchev–Trinajstić information content (AvgIpc) is 2.56. The molecule has 2 aromatic rings. The molecule has 0 aliphatic carbocycles. The van der Waals surface area contributed by atoms with E-state index in [9.17, 15) is 13.2 Å². The first-order chi connectivity index (χ1) is 11.7. The zero-order valence-electron chi connectivity index (χ0n) is 13.9. The van der Waals surface area contributed by atoms with E-state index in [0.717, 1.165) is 0 Å². The van der Waals surface area contributed by atoms with Crippen LogP contribution in [0.15, 0.2) is 47.4 Å². The van der Waals surface area contributed by atoms with Crippen LogP contribution in [-0.2, 0) is 14.8 Å². The second-order valence-electron chi connectivity index (χ2n) is 6.07. The quantitative estimate of drug-likeness (QED) is 0.887. The smallest absolute Gasteiger partial charge is 0.275 e. The lowest BCUT2D eigenvalue weighted by Crippen LogP contribution is -2.50. The van der Waals surface area contributed by atoms with Crippen LogP contribution in [0.25, 0.3) is 0 Å². The first kappa shape index (κ1) is 17.7. The summed E-state index contributed by atoms with van der Waals surface area (Å²) in [6, 6.07) is 11.2. The van der Waals surface area contributed by atoms with Crippen LogP contribution in [0.1, 0.15) is 13.8 Å². The van der Waals surface area contributed by atoms with Crippen molar-refractivity contribution in [3.8, 4) is 5.75 Å². The normalized spacial score (nSPS) is 16.3. The van der Waals surface area contributed by atoms with E-state index in [1.54, 1.807) is 44.2 Å². The summed E-state index contributed by atoms with van der Waals surface area (Å²) in [5.41, 5.74) is -0.0489. The van der Waals surface area contributed by atoms with Gasteiger partial charge in [-0.15, -0.1) is 0 Å². The summed E-state index contributed by atoms with van der Waals surface area (Å²) >= 11 is 5.93. The first-order valence-corrected chi connectivity index (χ1v) is 9.38. The maximum Gasteiger partial charge on any atom is 0.275 e. The van der Waals surface area contributed by atoms with Crippen molar-refractivity contribution in [3.05, 3.63) is 47.5 Å². The predicted octanol–water partition coefficient (Wildman–Crippen LogP) is 3.08. The van der Waals surface area contributed by atoms with Crippen LogP contribution in [0.5, 0.6) is 5.75 Å². The van der Waals surface area contributed by atoms with Crippen LogP contribution in [-0.4, -0.2) is 27.0 Å². The number of nitrogens with one attached hydrogen (secondary N) is 1. The van der Waals surface area contributed by atoms with Gasteiger partial charge in [-0.3, -0.25) is 9.69 Å². The molecule has 0 bridgehead atoms. The van der Waals surface area contributed by atoms with Gasteiger partial charge in [-0.05, 0) is 57.3 Å². The Bertz CT molecular complexity index is 940. The lowest BCUT2D eigenvalue weighted by atomic mass is 10.0. The van der Waals surface area contributed by atoms with E-state index in [1.807, 2.05) is 0 Å². The van der Waals surface area contributed by atoms with E-state index >= 15 is 0 Å². The van der Waals surface area contributed by atoms with E-state index in [2.05, 4.69) is 4.72 Å². The van der Waals surface area contributed by atoms with Gasteiger partial charge in [0, 0.05) is 16.8 Å². The minimum Gasteiger partial charge on any atom is -0.476 e. The second kappa shape index (κ2) is 6.01. The summed E-state index contributed by atoms with van der Waals surface area (Å²) in [5, 5.41) is 0.555. The molecule has 0 spiro atoms. The molecule has 0 saturated carbocycles. The third kappa shape index (κ3) is 3.10. The van der Waals surface area contributed by atoms with Gasteiger partial charge in [-0.2, -0.15) is 0 Å². The molecule has 1 heterocycles. The molecule has 1 aliphatic heterocycles. The number of carbonyl (C=O) groups excluding carboxylic acids is 1. The summed E-state index contributed by atoms with van der Waals surface area (Å²) in [7, 11) is -2.28. The lowest BCUT2D eigenvalue weighted by Gasteiger charge is -2.38. The molecule has 0 unspecified atom stereocenters. The molecule has 6 nitrogen and oxygen atoms in total. The van der Waals surface area contributed by atoms with E-state index in [0.29, 0.717) is 22.1 Å². The van der Waals surface area contributed by atoms with Gasteiger partial charge in [-0.25, -0.2) is 13.1 Å². The maximum absolute atomic E-state index is 12.9. The number of hydrogen-bond donors (Lipinski definition) is 1. The predicted molar refractivity (Wildman–Crippen MR) is 96.0 cm³/mol. The zero-order valence-corrected chi connectivity index (χ0v) is 15.5. The molecule has 25 heavy (non-hydrogen) atoms. The van der Waals surface area contributed by atoms with E-state index < -0.39 is 15.6 Å². The number of fused-ring (bicyclic) bond motifs is 1. The molecule has 8 heteroatoms. The number of nitrogens with zero attached hydrogens (tertiary/aromatic N) is 1. The number of sulfonamides is 1. The first-order valence-electron chi connectivity index (χ1n) is 7.52. The highest BCUT2D eigenvalue weighted by Gasteiger charge is 2.42. The Balaban J connectivity index is 2.18. The molecule has 3 rings (SSSR count). The summed E-state index contributed by atoms with van der Waals surface area (Å²) in [5.74, 6) is 0.0578. The topological polar surface area (TPSA) is 75.7 Å². The van der Waals surface area contributed by atoms with Gasteiger partial charge in [0.2, 0.25) is 10.0 Å². The molecule has 0 atom stereocenters. The fraction of sp³-hybridized carbons (Fsp3) is 0.235. The number of benzene rings is 2. The zero-order chi connectivity index (χ0) is 18.4. The Morgan fingerprint density at radius 1 is 1.12 bits per heavy atom. The number of amides is 1. The highest BCUT2D eigenvalue weighted by atomic mass is 35.5. The largest absolute Gasteiger partial charge is 0.476 e. The molecule has 0 fully saturated rings. The van der Waals surface area contributed by atoms with E-state index in [1.165, 1.54) is 24.1 Å². The van der Waals surface area contributed by atoms with Crippen LogP contribution in [0.3, 0.4) is 0 Å². The Morgan fingerprint density at radius 2 is 1.76 bits per heavy atom. The Hall–Kier alpha value is -2.09. The maximum atomic E-state index is 12.9. The summed E-state index contributed by atoms with van der Waals surface area (Å²) in [6.07, 6.45) is 0. The fourth-order valence-electron chi connectivity index (χ4n) is 2.59. The van der Waals surface area contributed by atoms with Crippen molar-refractivity contribution in [2.24, 2.45) is 0 Å². The van der Waals surface area contributed by atoms with Crippen LogP contribution in [0, 0.1) is 0 Å². The van der Waals surface area contributed by atoms with E-state index in [4.69, 9.17) is 16.3 Å². The van der Waals surface area contributed by atoms with Gasteiger partial charge in [0.1, 0.15) is 5.75 Å². The highest BCUT2D eigenvalue weighted by molar-refractivity contribution is 7.89.